The first-order valence-corrected chi connectivity index (χ1v) is 6.56. The van der Waals surface area contributed by atoms with Crippen LogP contribution in [0.4, 0.5) is 5.95 Å². The Labute approximate surface area is 103 Å². The van der Waals surface area contributed by atoms with Crippen LogP contribution < -0.4 is 5.32 Å². The Morgan fingerprint density at radius 2 is 2.18 bits per heavy atom. The molecule has 1 aliphatic rings. The van der Waals surface area contributed by atoms with Crippen molar-refractivity contribution in [3.05, 3.63) is 18.0 Å². The molecular weight excluding hydrogens is 212 g/mol. The minimum Gasteiger partial charge on any atom is -0.351 e. The lowest BCUT2D eigenvalue weighted by Gasteiger charge is -2.32. The van der Waals surface area contributed by atoms with Gasteiger partial charge in [-0.1, -0.05) is 6.92 Å². The van der Waals surface area contributed by atoms with Crippen molar-refractivity contribution in [2.45, 2.75) is 39.2 Å². The summed E-state index contributed by atoms with van der Waals surface area (Å²) in [4.78, 5) is 11.2. The predicted molar refractivity (Wildman–Crippen MR) is 70.1 cm³/mol. The summed E-state index contributed by atoms with van der Waals surface area (Å²) in [6, 6.07) is 2.46. The summed E-state index contributed by atoms with van der Waals surface area (Å²) in [5.41, 5.74) is 1.02. The van der Waals surface area contributed by atoms with Crippen LogP contribution in [0, 0.1) is 6.92 Å². The van der Waals surface area contributed by atoms with Gasteiger partial charge < -0.3 is 10.2 Å². The fourth-order valence-electron chi connectivity index (χ4n) is 2.32. The van der Waals surface area contributed by atoms with E-state index in [4.69, 9.17) is 0 Å². The van der Waals surface area contributed by atoms with Gasteiger partial charge in [-0.3, -0.25) is 0 Å². The highest BCUT2D eigenvalue weighted by atomic mass is 15.2. The second-order valence-corrected chi connectivity index (χ2v) is 4.78. The van der Waals surface area contributed by atoms with E-state index >= 15 is 0 Å². The number of hydrogen-bond donors (Lipinski definition) is 1. The van der Waals surface area contributed by atoms with E-state index in [1.165, 1.54) is 38.9 Å². The van der Waals surface area contributed by atoms with Gasteiger partial charge in [-0.15, -0.1) is 0 Å². The first-order chi connectivity index (χ1) is 8.28. The van der Waals surface area contributed by atoms with E-state index in [0.29, 0.717) is 6.04 Å². The molecule has 1 fully saturated rings. The van der Waals surface area contributed by atoms with Crippen LogP contribution in [0.1, 0.15) is 31.9 Å². The highest BCUT2D eigenvalue weighted by Gasteiger charge is 2.18. The highest BCUT2D eigenvalue weighted by Crippen LogP contribution is 2.14. The molecule has 4 nitrogen and oxygen atoms in total. The largest absolute Gasteiger partial charge is 0.351 e. The molecule has 2 heterocycles. The molecule has 0 spiro atoms. The maximum absolute atomic E-state index is 4.39. The summed E-state index contributed by atoms with van der Waals surface area (Å²) in [6.45, 7) is 7.85. The van der Waals surface area contributed by atoms with E-state index in [9.17, 15) is 0 Å². The Balaban J connectivity index is 1.82. The monoisotopic (exact) mass is 234 g/mol. The number of aromatic nitrogens is 2. The minimum atomic E-state index is 0.532. The molecule has 4 heteroatoms. The van der Waals surface area contributed by atoms with E-state index in [1.54, 1.807) is 0 Å². The first kappa shape index (κ1) is 12.3. The van der Waals surface area contributed by atoms with Crippen molar-refractivity contribution in [2.24, 2.45) is 0 Å². The SMILES string of the molecule is CCCN1CCC(Nc2nccc(C)n2)CC1. The van der Waals surface area contributed by atoms with Crippen LogP contribution in [0.25, 0.3) is 0 Å². The summed E-state index contributed by atoms with van der Waals surface area (Å²) in [5.74, 6) is 0.777. The van der Waals surface area contributed by atoms with Crippen molar-refractivity contribution >= 4 is 5.95 Å². The van der Waals surface area contributed by atoms with Crippen LogP contribution in [0.3, 0.4) is 0 Å². The maximum Gasteiger partial charge on any atom is 0.223 e. The number of piperidine rings is 1. The van der Waals surface area contributed by atoms with E-state index in [-0.39, 0.29) is 0 Å². The van der Waals surface area contributed by atoms with Crippen molar-refractivity contribution in [3.8, 4) is 0 Å². The van der Waals surface area contributed by atoms with E-state index in [0.717, 1.165) is 11.6 Å². The summed E-state index contributed by atoms with van der Waals surface area (Å²) in [6.07, 6.45) is 5.45. The van der Waals surface area contributed by atoms with Gasteiger partial charge in [-0.25, -0.2) is 9.97 Å². The Bertz CT molecular complexity index is 345. The molecule has 0 amide bonds. The highest BCUT2D eigenvalue weighted by molar-refractivity contribution is 5.26. The van der Waals surface area contributed by atoms with Gasteiger partial charge in [-0.2, -0.15) is 0 Å². The number of rotatable bonds is 4. The zero-order valence-electron chi connectivity index (χ0n) is 10.8. The average Bonchev–Trinajstić information content (AvgIpc) is 2.32. The molecule has 1 N–H and O–H groups in total. The Morgan fingerprint density at radius 3 is 2.82 bits per heavy atom. The van der Waals surface area contributed by atoms with Crippen LogP contribution in [-0.4, -0.2) is 40.5 Å². The Kier molecular flexibility index (Phi) is 4.31. The summed E-state index contributed by atoms with van der Waals surface area (Å²) in [5, 5.41) is 3.44. The molecule has 1 aromatic heterocycles. The zero-order valence-corrected chi connectivity index (χ0v) is 10.8. The number of anilines is 1. The van der Waals surface area contributed by atoms with Crippen LogP contribution >= 0.6 is 0 Å². The summed E-state index contributed by atoms with van der Waals surface area (Å²) in [7, 11) is 0. The van der Waals surface area contributed by atoms with Gasteiger partial charge in [0.25, 0.3) is 0 Å². The molecule has 0 aromatic carbocycles. The third-order valence-corrected chi connectivity index (χ3v) is 3.26. The molecule has 94 valence electrons. The number of aryl methyl sites for hydroxylation is 1. The summed E-state index contributed by atoms with van der Waals surface area (Å²) < 4.78 is 0. The number of hydrogen-bond acceptors (Lipinski definition) is 4. The number of nitrogens with zero attached hydrogens (tertiary/aromatic N) is 3. The van der Waals surface area contributed by atoms with Crippen molar-refractivity contribution in [3.63, 3.8) is 0 Å². The fourth-order valence-corrected chi connectivity index (χ4v) is 2.32. The van der Waals surface area contributed by atoms with E-state index in [1.807, 2.05) is 19.2 Å². The third kappa shape index (κ3) is 3.66. The average molecular weight is 234 g/mol. The standard InChI is InChI=1S/C13H22N4/c1-3-8-17-9-5-12(6-10-17)16-13-14-7-4-11(2)15-13/h4,7,12H,3,5-6,8-10H2,1-2H3,(H,14,15,16). The predicted octanol–water partition coefficient (Wildman–Crippen LogP) is 2.07. The van der Waals surface area contributed by atoms with Crippen LogP contribution in [0.2, 0.25) is 0 Å². The molecule has 1 saturated heterocycles. The summed E-state index contributed by atoms with van der Waals surface area (Å²) >= 11 is 0. The molecule has 1 aliphatic heterocycles. The molecule has 0 saturated carbocycles. The molecule has 1 aromatic rings. The zero-order chi connectivity index (χ0) is 12.1. The first-order valence-electron chi connectivity index (χ1n) is 6.56. The molecule has 17 heavy (non-hydrogen) atoms. The van der Waals surface area contributed by atoms with Gasteiger partial charge in [0.1, 0.15) is 0 Å². The van der Waals surface area contributed by atoms with Gasteiger partial charge in [0, 0.05) is 31.0 Å². The van der Waals surface area contributed by atoms with Gasteiger partial charge in [0.15, 0.2) is 0 Å². The molecule has 0 bridgehead atoms. The topological polar surface area (TPSA) is 41.0 Å². The Hall–Kier alpha value is -1.16. The number of nitrogens with one attached hydrogen (secondary N) is 1. The smallest absolute Gasteiger partial charge is 0.223 e. The van der Waals surface area contributed by atoms with Crippen LogP contribution in [-0.2, 0) is 0 Å². The minimum absolute atomic E-state index is 0.532. The lowest BCUT2D eigenvalue weighted by molar-refractivity contribution is 0.219. The van der Waals surface area contributed by atoms with Gasteiger partial charge in [0.2, 0.25) is 5.95 Å². The molecule has 0 unspecified atom stereocenters. The molecule has 0 atom stereocenters. The normalized spacial score (nSPS) is 18.2. The van der Waals surface area contributed by atoms with Crippen LogP contribution in [0.5, 0.6) is 0 Å². The van der Waals surface area contributed by atoms with Crippen molar-refractivity contribution in [1.29, 1.82) is 0 Å². The molecule has 0 aliphatic carbocycles. The van der Waals surface area contributed by atoms with Gasteiger partial charge in [0.05, 0.1) is 0 Å². The lowest BCUT2D eigenvalue weighted by Crippen LogP contribution is -2.39. The van der Waals surface area contributed by atoms with Gasteiger partial charge in [-0.05, 0) is 38.8 Å². The maximum atomic E-state index is 4.39. The van der Waals surface area contributed by atoms with Crippen molar-refractivity contribution < 1.29 is 0 Å². The van der Waals surface area contributed by atoms with Crippen molar-refractivity contribution in [1.82, 2.24) is 14.9 Å². The van der Waals surface area contributed by atoms with Gasteiger partial charge >= 0.3 is 0 Å². The molecular formula is C13H22N4. The van der Waals surface area contributed by atoms with E-state index in [2.05, 4.69) is 27.1 Å². The second kappa shape index (κ2) is 5.96. The third-order valence-electron chi connectivity index (χ3n) is 3.26. The second-order valence-electron chi connectivity index (χ2n) is 4.78. The molecule has 2 rings (SSSR count). The lowest BCUT2D eigenvalue weighted by atomic mass is 10.1. The number of likely N-dealkylation sites (tertiary alicyclic amines) is 1. The van der Waals surface area contributed by atoms with Crippen LogP contribution in [0.15, 0.2) is 12.3 Å². The van der Waals surface area contributed by atoms with E-state index < -0.39 is 0 Å². The quantitative estimate of drug-likeness (QED) is 0.866. The molecule has 0 radical (unpaired) electrons. The fraction of sp³-hybridized carbons (Fsp3) is 0.692. The Morgan fingerprint density at radius 1 is 1.41 bits per heavy atom. The van der Waals surface area contributed by atoms with Crippen molar-refractivity contribution in [2.75, 3.05) is 25.0 Å².